The molecular weight excluding hydrogens is 362 g/mol. The lowest BCUT2D eigenvalue weighted by atomic mass is 10.2. The fourth-order valence-corrected chi connectivity index (χ4v) is 3.25. The Morgan fingerprint density at radius 2 is 1.96 bits per heavy atom. The molecule has 1 N–H and O–H groups in total. The van der Waals surface area contributed by atoms with Gasteiger partial charge in [-0.3, -0.25) is 19.5 Å². The molecule has 0 radical (unpaired) electrons. The zero-order chi connectivity index (χ0) is 19.2. The molecule has 27 heavy (non-hydrogen) atoms. The Morgan fingerprint density at radius 3 is 2.67 bits per heavy atom. The predicted octanol–water partition coefficient (Wildman–Crippen LogP) is 3.24. The predicted molar refractivity (Wildman–Crippen MR) is 104 cm³/mol. The lowest BCUT2D eigenvalue weighted by Crippen LogP contribution is -2.31. The van der Waals surface area contributed by atoms with E-state index in [1.54, 1.807) is 37.6 Å². The van der Waals surface area contributed by atoms with Gasteiger partial charge in [-0.15, -0.1) is 0 Å². The maximum atomic E-state index is 12.1. The molecule has 0 bridgehead atoms. The topological polar surface area (TPSA) is 73.2 Å². The Kier molecular flexibility index (Phi) is 5.93. The van der Waals surface area contributed by atoms with E-state index in [0.717, 1.165) is 11.3 Å². The standard InChI is InChI=1S/C20H19N3O3S/c1-14-4-3-5-16(12-14)23-11-10-21-20(23)27-13-18(24)22-19(25)15-6-8-17(26-2)9-7-15/h3-12H,13H2,1-2H3,(H,22,24,25). The van der Waals surface area contributed by atoms with Crippen molar-refractivity contribution in [1.29, 1.82) is 0 Å². The maximum absolute atomic E-state index is 12.1. The summed E-state index contributed by atoms with van der Waals surface area (Å²) < 4.78 is 6.97. The van der Waals surface area contributed by atoms with Crippen LogP contribution in [-0.2, 0) is 4.79 Å². The Bertz CT molecular complexity index is 951. The zero-order valence-electron chi connectivity index (χ0n) is 15.0. The van der Waals surface area contributed by atoms with Crippen LogP contribution < -0.4 is 10.1 Å². The van der Waals surface area contributed by atoms with Crippen molar-refractivity contribution >= 4 is 23.6 Å². The second-order valence-electron chi connectivity index (χ2n) is 5.81. The van der Waals surface area contributed by atoms with Gasteiger partial charge >= 0.3 is 0 Å². The van der Waals surface area contributed by atoms with E-state index >= 15 is 0 Å². The first-order valence-corrected chi connectivity index (χ1v) is 9.27. The van der Waals surface area contributed by atoms with Crippen LogP contribution in [0.3, 0.4) is 0 Å². The number of hydrogen-bond donors (Lipinski definition) is 1. The zero-order valence-corrected chi connectivity index (χ0v) is 15.8. The number of carbonyl (C=O) groups is 2. The van der Waals surface area contributed by atoms with Crippen LogP contribution in [0.15, 0.2) is 66.1 Å². The number of rotatable bonds is 6. The fraction of sp³-hybridized carbons (Fsp3) is 0.150. The number of aromatic nitrogens is 2. The second-order valence-corrected chi connectivity index (χ2v) is 6.76. The van der Waals surface area contributed by atoms with Crippen molar-refractivity contribution in [2.75, 3.05) is 12.9 Å². The molecule has 1 heterocycles. The minimum absolute atomic E-state index is 0.0880. The number of aryl methyl sites for hydroxylation is 1. The number of nitrogens with zero attached hydrogens (tertiary/aromatic N) is 2. The van der Waals surface area contributed by atoms with Crippen LogP contribution in [0.2, 0.25) is 0 Å². The monoisotopic (exact) mass is 381 g/mol. The first kappa shape index (κ1) is 18.7. The van der Waals surface area contributed by atoms with Gasteiger partial charge in [-0.05, 0) is 48.9 Å². The molecule has 2 amide bonds. The lowest BCUT2D eigenvalue weighted by molar-refractivity contribution is -0.117. The average Bonchev–Trinajstić information content (AvgIpc) is 3.15. The summed E-state index contributed by atoms with van der Waals surface area (Å²) in [4.78, 5) is 28.6. The highest BCUT2D eigenvalue weighted by Gasteiger charge is 2.13. The summed E-state index contributed by atoms with van der Waals surface area (Å²) in [5.74, 6) is -0.0774. The molecule has 1 aromatic heterocycles. The van der Waals surface area contributed by atoms with Crippen molar-refractivity contribution in [3.63, 3.8) is 0 Å². The summed E-state index contributed by atoms with van der Waals surface area (Å²) in [6.07, 6.45) is 3.53. The highest BCUT2D eigenvalue weighted by atomic mass is 32.2. The molecule has 6 nitrogen and oxygen atoms in total. The molecule has 7 heteroatoms. The van der Waals surface area contributed by atoms with Crippen molar-refractivity contribution in [2.45, 2.75) is 12.1 Å². The minimum Gasteiger partial charge on any atom is -0.497 e. The van der Waals surface area contributed by atoms with E-state index in [1.807, 2.05) is 42.0 Å². The van der Waals surface area contributed by atoms with Crippen molar-refractivity contribution in [2.24, 2.45) is 0 Å². The highest BCUT2D eigenvalue weighted by molar-refractivity contribution is 7.99. The normalized spacial score (nSPS) is 10.4. The van der Waals surface area contributed by atoms with Crippen molar-refractivity contribution in [1.82, 2.24) is 14.9 Å². The average molecular weight is 381 g/mol. The Labute approximate surface area is 161 Å². The Morgan fingerprint density at radius 1 is 1.19 bits per heavy atom. The quantitative estimate of drug-likeness (QED) is 0.664. The van der Waals surface area contributed by atoms with Gasteiger partial charge in [-0.1, -0.05) is 23.9 Å². The second kappa shape index (κ2) is 8.55. The molecule has 3 rings (SSSR count). The van der Waals surface area contributed by atoms with Crippen LogP contribution in [0.4, 0.5) is 0 Å². The number of ether oxygens (including phenoxy) is 1. The molecule has 0 unspecified atom stereocenters. The van der Waals surface area contributed by atoms with Gasteiger partial charge in [0.25, 0.3) is 5.91 Å². The number of benzene rings is 2. The largest absolute Gasteiger partial charge is 0.497 e. The van der Waals surface area contributed by atoms with E-state index in [4.69, 9.17) is 4.74 Å². The summed E-state index contributed by atoms with van der Waals surface area (Å²) in [5.41, 5.74) is 2.51. The van der Waals surface area contributed by atoms with E-state index in [2.05, 4.69) is 10.3 Å². The molecule has 0 spiro atoms. The van der Waals surface area contributed by atoms with Gasteiger partial charge < -0.3 is 4.74 Å². The molecule has 0 atom stereocenters. The molecule has 0 aliphatic heterocycles. The number of amides is 2. The van der Waals surface area contributed by atoms with Gasteiger partial charge in [0.1, 0.15) is 5.75 Å². The first-order valence-electron chi connectivity index (χ1n) is 8.28. The SMILES string of the molecule is COc1ccc(C(=O)NC(=O)CSc2nccn2-c2cccc(C)c2)cc1. The Balaban J connectivity index is 1.60. The number of hydrogen-bond acceptors (Lipinski definition) is 5. The van der Waals surface area contributed by atoms with Crippen molar-refractivity contribution in [3.05, 3.63) is 72.1 Å². The number of nitrogens with one attached hydrogen (secondary N) is 1. The van der Waals surface area contributed by atoms with E-state index in [-0.39, 0.29) is 11.7 Å². The highest BCUT2D eigenvalue weighted by Crippen LogP contribution is 2.21. The smallest absolute Gasteiger partial charge is 0.257 e. The van der Waals surface area contributed by atoms with Crippen LogP contribution in [0.1, 0.15) is 15.9 Å². The van der Waals surface area contributed by atoms with Crippen LogP contribution in [-0.4, -0.2) is 34.2 Å². The van der Waals surface area contributed by atoms with Crippen molar-refractivity contribution < 1.29 is 14.3 Å². The molecule has 138 valence electrons. The molecule has 3 aromatic rings. The summed E-state index contributed by atoms with van der Waals surface area (Å²) >= 11 is 1.27. The third-order valence-corrected chi connectivity index (χ3v) is 4.79. The number of methoxy groups -OCH3 is 1. The molecular formula is C20H19N3O3S. The van der Waals surface area contributed by atoms with Gasteiger partial charge in [0, 0.05) is 23.6 Å². The molecule has 0 saturated heterocycles. The van der Waals surface area contributed by atoms with Gasteiger partial charge in [0.15, 0.2) is 5.16 Å². The lowest BCUT2D eigenvalue weighted by Gasteiger charge is -2.08. The molecule has 0 aliphatic rings. The van der Waals surface area contributed by atoms with Crippen molar-refractivity contribution in [3.8, 4) is 11.4 Å². The third-order valence-electron chi connectivity index (χ3n) is 3.82. The molecule has 0 fully saturated rings. The maximum Gasteiger partial charge on any atom is 0.257 e. The minimum atomic E-state index is -0.440. The number of carbonyl (C=O) groups excluding carboxylic acids is 2. The first-order chi connectivity index (χ1) is 13.1. The van der Waals surface area contributed by atoms with E-state index in [0.29, 0.717) is 16.5 Å². The molecule has 0 saturated carbocycles. The van der Waals surface area contributed by atoms with E-state index < -0.39 is 5.91 Å². The van der Waals surface area contributed by atoms with Crippen LogP contribution >= 0.6 is 11.8 Å². The van der Waals surface area contributed by atoms with Crippen LogP contribution in [0, 0.1) is 6.92 Å². The summed E-state index contributed by atoms with van der Waals surface area (Å²) in [6, 6.07) is 14.6. The van der Waals surface area contributed by atoms with Crippen LogP contribution in [0.25, 0.3) is 5.69 Å². The number of imidazole rings is 1. The summed E-state index contributed by atoms with van der Waals surface area (Å²) in [5, 5.41) is 3.08. The van der Waals surface area contributed by atoms with Gasteiger partial charge in [-0.2, -0.15) is 0 Å². The Hall–Kier alpha value is -3.06. The van der Waals surface area contributed by atoms with Crippen LogP contribution in [0.5, 0.6) is 5.75 Å². The number of imide groups is 1. The van der Waals surface area contributed by atoms with Gasteiger partial charge in [-0.25, -0.2) is 4.98 Å². The molecule has 0 aliphatic carbocycles. The summed E-state index contributed by atoms with van der Waals surface area (Å²) in [7, 11) is 1.55. The third kappa shape index (κ3) is 4.77. The number of thioether (sulfide) groups is 1. The fourth-order valence-electron chi connectivity index (χ4n) is 2.48. The van der Waals surface area contributed by atoms with E-state index in [1.165, 1.54) is 11.8 Å². The summed E-state index contributed by atoms with van der Waals surface area (Å²) in [6.45, 7) is 2.02. The molecule has 2 aromatic carbocycles. The van der Waals surface area contributed by atoms with E-state index in [9.17, 15) is 9.59 Å². The van der Waals surface area contributed by atoms with Gasteiger partial charge in [0.05, 0.1) is 12.9 Å². The van der Waals surface area contributed by atoms with Gasteiger partial charge in [0.2, 0.25) is 5.91 Å².